The number of esters is 1. The van der Waals surface area contributed by atoms with Crippen molar-refractivity contribution in [1.29, 1.82) is 0 Å². The van der Waals surface area contributed by atoms with Gasteiger partial charge in [-0.25, -0.2) is 27.1 Å². The van der Waals surface area contributed by atoms with E-state index in [0.717, 1.165) is 16.1 Å². The summed E-state index contributed by atoms with van der Waals surface area (Å²) in [5, 5.41) is 0. The molecule has 1 atom stereocenters. The maximum atomic E-state index is 13.6. The molecule has 0 radical (unpaired) electrons. The van der Waals surface area contributed by atoms with Gasteiger partial charge in [0.2, 0.25) is 16.0 Å². The van der Waals surface area contributed by atoms with Crippen LogP contribution in [-0.2, 0) is 29.0 Å². The van der Waals surface area contributed by atoms with Gasteiger partial charge in [-0.3, -0.25) is 4.79 Å². The van der Waals surface area contributed by atoms with Crippen molar-refractivity contribution in [3.8, 4) is 11.3 Å². The van der Waals surface area contributed by atoms with Crippen LogP contribution in [0.15, 0.2) is 30.3 Å². The van der Waals surface area contributed by atoms with E-state index in [9.17, 15) is 17.6 Å². The molecule has 9 nitrogen and oxygen atoms in total. The molecule has 0 bridgehead atoms. The molecule has 0 N–H and O–H groups in total. The number of carbonyl (C=O) groups excluding carboxylic acids is 1. The molecule has 1 fully saturated rings. The molecule has 11 heteroatoms. The fourth-order valence-electron chi connectivity index (χ4n) is 3.84. The number of anilines is 1. The van der Waals surface area contributed by atoms with Crippen LogP contribution in [0, 0.1) is 5.82 Å². The fraction of sp³-hybridized carbons (Fsp3) is 0.552. The van der Waals surface area contributed by atoms with Crippen molar-refractivity contribution in [1.82, 2.24) is 9.97 Å². The van der Waals surface area contributed by atoms with Crippen LogP contribution in [-0.4, -0.2) is 61.8 Å². The molecule has 3 rings (SSSR count). The number of ether oxygens (including phenoxy) is 3. The quantitative estimate of drug-likeness (QED) is 0.401. The molecule has 2 heterocycles. The molecule has 0 spiro atoms. The van der Waals surface area contributed by atoms with Crippen molar-refractivity contribution >= 4 is 28.0 Å². The Hall–Kier alpha value is -2.89. The molecule has 0 aliphatic carbocycles. The number of halogens is 1. The molecule has 1 aliphatic heterocycles. The lowest BCUT2D eigenvalue weighted by atomic mass is 9.97. The van der Waals surface area contributed by atoms with Gasteiger partial charge in [0.1, 0.15) is 11.4 Å². The van der Waals surface area contributed by atoms with Gasteiger partial charge < -0.3 is 14.2 Å². The normalized spacial score (nSPS) is 17.4. The van der Waals surface area contributed by atoms with Crippen molar-refractivity contribution in [3.63, 3.8) is 0 Å². The first-order valence-corrected chi connectivity index (χ1v) is 15.0. The van der Waals surface area contributed by atoms with Crippen molar-refractivity contribution in [3.05, 3.63) is 47.4 Å². The number of carbonyl (C=O) groups is 1. The topological polar surface area (TPSA) is 108 Å². The third-order valence-corrected chi connectivity index (χ3v) is 6.78. The molecular formula is C29H42FN3O6S. The molecule has 0 amide bonds. The van der Waals surface area contributed by atoms with E-state index in [2.05, 4.69) is 9.97 Å². The second-order valence-electron chi connectivity index (χ2n) is 11.3. The summed E-state index contributed by atoms with van der Waals surface area (Å²) >= 11 is 0. The first-order valence-electron chi connectivity index (χ1n) is 13.1. The van der Waals surface area contributed by atoms with E-state index < -0.39 is 15.8 Å². The zero-order chi connectivity index (χ0) is 30.5. The number of hydrogen-bond donors (Lipinski definition) is 0. The minimum absolute atomic E-state index is 0.0180. The highest BCUT2D eigenvalue weighted by molar-refractivity contribution is 7.92. The summed E-state index contributed by atoms with van der Waals surface area (Å²) in [5.41, 5.74) is 2.28. The summed E-state index contributed by atoms with van der Waals surface area (Å²) in [5.74, 6) is -1.22. The van der Waals surface area contributed by atoms with Crippen molar-refractivity contribution in [2.45, 2.75) is 85.2 Å². The number of hydrogen-bond acceptors (Lipinski definition) is 8. The van der Waals surface area contributed by atoms with E-state index in [1.165, 1.54) is 26.1 Å². The van der Waals surface area contributed by atoms with Crippen molar-refractivity contribution in [2.75, 3.05) is 24.2 Å². The predicted molar refractivity (Wildman–Crippen MR) is 155 cm³/mol. The Labute approximate surface area is 237 Å². The van der Waals surface area contributed by atoms with Gasteiger partial charge in [-0.05, 0) is 64.8 Å². The van der Waals surface area contributed by atoms with Crippen LogP contribution < -0.4 is 4.31 Å². The first-order chi connectivity index (χ1) is 18.3. The Morgan fingerprint density at radius 1 is 1.20 bits per heavy atom. The van der Waals surface area contributed by atoms with Crippen LogP contribution >= 0.6 is 0 Å². The minimum atomic E-state index is -3.56. The van der Waals surface area contributed by atoms with Gasteiger partial charge >= 0.3 is 5.97 Å². The molecule has 1 aromatic heterocycles. The van der Waals surface area contributed by atoms with Gasteiger partial charge in [0.25, 0.3) is 0 Å². The van der Waals surface area contributed by atoms with E-state index >= 15 is 0 Å². The Kier molecular flexibility index (Phi) is 11.0. The van der Waals surface area contributed by atoms with Gasteiger partial charge in [0, 0.05) is 31.5 Å². The average molecular weight is 580 g/mol. The highest BCUT2D eigenvalue weighted by Gasteiger charge is 2.28. The van der Waals surface area contributed by atoms with E-state index in [1.807, 2.05) is 60.6 Å². The van der Waals surface area contributed by atoms with Crippen LogP contribution in [0.2, 0.25) is 0 Å². The Bertz CT molecular complexity index is 1300. The monoisotopic (exact) mass is 579 g/mol. The highest BCUT2D eigenvalue weighted by atomic mass is 32.2. The van der Waals surface area contributed by atoms with E-state index in [0.29, 0.717) is 30.0 Å². The largest absolute Gasteiger partial charge is 0.460 e. The third-order valence-electron chi connectivity index (χ3n) is 5.62. The van der Waals surface area contributed by atoms with Gasteiger partial charge in [-0.2, -0.15) is 0 Å². The summed E-state index contributed by atoms with van der Waals surface area (Å²) < 4.78 is 55.3. The Morgan fingerprint density at radius 3 is 2.25 bits per heavy atom. The van der Waals surface area contributed by atoms with E-state index in [-0.39, 0.29) is 35.4 Å². The summed E-state index contributed by atoms with van der Waals surface area (Å²) in [7, 11) is -2.15. The lowest BCUT2D eigenvalue weighted by Crippen LogP contribution is -2.38. The molecule has 1 aliphatic rings. The minimum Gasteiger partial charge on any atom is -0.460 e. The fourth-order valence-corrected chi connectivity index (χ4v) is 4.22. The van der Waals surface area contributed by atoms with Crippen LogP contribution in [0.25, 0.3) is 17.3 Å². The number of rotatable bonds is 6. The maximum absolute atomic E-state index is 13.6. The second-order valence-corrected chi connectivity index (χ2v) is 13.3. The van der Waals surface area contributed by atoms with Gasteiger partial charge in [-0.1, -0.05) is 26.0 Å². The smallest absolute Gasteiger partial charge is 0.303 e. The number of benzene rings is 1. The molecule has 222 valence electrons. The van der Waals surface area contributed by atoms with Crippen LogP contribution in [0.4, 0.5) is 10.3 Å². The second kappa shape index (κ2) is 13.2. The Balaban J connectivity index is 0.000000611. The van der Waals surface area contributed by atoms with E-state index in [4.69, 9.17) is 14.2 Å². The van der Waals surface area contributed by atoms with E-state index in [1.54, 1.807) is 12.1 Å². The maximum Gasteiger partial charge on any atom is 0.303 e. The van der Waals surface area contributed by atoms with Crippen molar-refractivity contribution < 1.29 is 31.8 Å². The Morgan fingerprint density at radius 2 is 1.80 bits per heavy atom. The van der Waals surface area contributed by atoms with Gasteiger partial charge in [-0.15, -0.1) is 0 Å². The summed E-state index contributed by atoms with van der Waals surface area (Å²) in [6.45, 7) is 15.2. The number of nitrogens with zero attached hydrogens (tertiary/aromatic N) is 3. The molecule has 1 aromatic carbocycles. The summed E-state index contributed by atoms with van der Waals surface area (Å²) in [4.78, 5) is 19.4. The SMILES string of the molecule is CC(=O)OC(C)(C)C.CC(C)c1nc(N(C)S(C)(=O)=O)nc(-c2ccc(F)cc2)c1/C=C/C1CCOC(C)(C)O1. The first kappa shape index (κ1) is 33.3. The zero-order valence-electron chi connectivity index (χ0n) is 25.1. The number of sulfonamides is 1. The molecule has 2 aromatic rings. The average Bonchev–Trinajstić information content (AvgIpc) is 2.80. The van der Waals surface area contributed by atoms with Crippen LogP contribution in [0.3, 0.4) is 0 Å². The molecule has 1 unspecified atom stereocenters. The molecule has 40 heavy (non-hydrogen) atoms. The standard InChI is InChI=1S/C23H30FN3O4S.C6H12O2/c1-15(2)20-19(12-11-18-13-14-30-23(3,4)31-18)21(16-7-9-17(24)10-8-16)26-22(25-20)27(5)32(6,28)29;1-5(7)8-6(2,3)4/h7-12,15,18H,13-14H2,1-6H3;1-4H3/b12-11+;. The summed E-state index contributed by atoms with van der Waals surface area (Å²) in [6, 6.07) is 5.95. The van der Waals surface area contributed by atoms with Gasteiger partial charge in [0.15, 0.2) is 5.79 Å². The lowest BCUT2D eigenvalue weighted by molar-refractivity contribution is -0.262. The summed E-state index contributed by atoms with van der Waals surface area (Å²) in [6.07, 6.45) is 5.50. The lowest BCUT2D eigenvalue weighted by Gasteiger charge is -2.34. The van der Waals surface area contributed by atoms with Gasteiger partial charge in [0.05, 0.1) is 30.4 Å². The number of aromatic nitrogens is 2. The zero-order valence-corrected chi connectivity index (χ0v) is 25.9. The predicted octanol–water partition coefficient (Wildman–Crippen LogP) is 5.70. The molecule has 1 saturated heterocycles. The van der Waals surface area contributed by atoms with Crippen LogP contribution in [0.1, 0.15) is 79.0 Å². The van der Waals surface area contributed by atoms with Crippen molar-refractivity contribution in [2.24, 2.45) is 0 Å². The molecule has 0 saturated carbocycles. The van der Waals surface area contributed by atoms with Crippen LogP contribution in [0.5, 0.6) is 0 Å². The third kappa shape index (κ3) is 10.3. The highest BCUT2D eigenvalue weighted by Crippen LogP contribution is 2.32. The molecular weight excluding hydrogens is 537 g/mol.